The number of carbonyl (C=O) groups is 1. The van der Waals surface area contributed by atoms with E-state index in [9.17, 15) is 48.5 Å². The normalized spacial score (nSPS) is 17.1. The highest BCUT2D eigenvalue weighted by atomic mass is 35.5. The van der Waals surface area contributed by atoms with Crippen molar-refractivity contribution in [2.24, 2.45) is 0 Å². The van der Waals surface area contributed by atoms with Crippen LogP contribution in [0, 0.1) is 0 Å². The number of hydrogen-bond donors (Lipinski definition) is 1. The molecule has 1 aliphatic carbocycles. The van der Waals surface area contributed by atoms with E-state index in [0.717, 1.165) is 30.3 Å². The van der Waals surface area contributed by atoms with Gasteiger partial charge in [-0.05, 0) is 48.2 Å². The summed E-state index contributed by atoms with van der Waals surface area (Å²) in [4.78, 5) is 12.7. The highest BCUT2D eigenvalue weighted by Gasteiger charge is 2.48. The standard InChI is InChI=1S/C24H17Cl3F9NO2S/c25-17-8-13(9-18(26)19(17)27)15(23(31,32)33)4-2-12-1-3-14(16(7-12)24(34,35)36)20(38)37-21(5-6-21)10-40(39)11-22(28,29)30/h1-4,7-9,15H,5-6,10-11H2,(H,37,38). The number of nitrogens with one attached hydrogen (secondary N) is 1. The molecule has 2 aromatic rings. The van der Waals surface area contributed by atoms with E-state index in [1.165, 1.54) is 0 Å². The van der Waals surface area contributed by atoms with Gasteiger partial charge in [0.05, 0.1) is 37.7 Å². The molecule has 1 saturated carbocycles. The monoisotopic (exact) mass is 659 g/mol. The van der Waals surface area contributed by atoms with Gasteiger partial charge in [0.1, 0.15) is 5.75 Å². The first kappa shape index (κ1) is 32.6. The van der Waals surface area contributed by atoms with Gasteiger partial charge in [-0.1, -0.05) is 53.0 Å². The highest BCUT2D eigenvalue weighted by Crippen LogP contribution is 2.42. The average Bonchev–Trinajstić information content (AvgIpc) is 3.52. The van der Waals surface area contributed by atoms with Gasteiger partial charge in [0.25, 0.3) is 5.91 Å². The fourth-order valence-electron chi connectivity index (χ4n) is 3.78. The maximum atomic E-state index is 13.8. The molecule has 1 amide bonds. The molecule has 2 aromatic carbocycles. The predicted molar refractivity (Wildman–Crippen MR) is 134 cm³/mol. The second-order valence-corrected chi connectivity index (χ2v) is 11.7. The quantitative estimate of drug-likeness (QED) is 0.228. The summed E-state index contributed by atoms with van der Waals surface area (Å²) in [6.45, 7) is 0. The zero-order chi connectivity index (χ0) is 30.3. The molecule has 0 heterocycles. The molecule has 0 aromatic heterocycles. The fourth-order valence-corrected chi connectivity index (χ4v) is 5.83. The topological polar surface area (TPSA) is 46.2 Å². The van der Waals surface area contributed by atoms with Gasteiger partial charge in [-0.2, -0.15) is 39.5 Å². The molecule has 2 unspecified atom stereocenters. The minimum atomic E-state index is -5.12. The lowest BCUT2D eigenvalue weighted by Crippen LogP contribution is -2.42. The Bertz CT molecular complexity index is 1310. The maximum absolute atomic E-state index is 13.8. The summed E-state index contributed by atoms with van der Waals surface area (Å²) in [5, 5.41) is 1.52. The molecule has 0 radical (unpaired) electrons. The van der Waals surface area contributed by atoms with Crippen LogP contribution >= 0.6 is 34.8 Å². The smallest absolute Gasteiger partial charge is 0.346 e. The molecule has 3 nitrogen and oxygen atoms in total. The molecule has 40 heavy (non-hydrogen) atoms. The Hall–Kier alpha value is -1.96. The van der Waals surface area contributed by atoms with Crippen molar-refractivity contribution in [1.29, 1.82) is 0 Å². The lowest BCUT2D eigenvalue weighted by Gasteiger charge is -2.20. The molecule has 1 fully saturated rings. The lowest BCUT2D eigenvalue weighted by molar-refractivity contribution is -0.139. The first-order valence-corrected chi connectivity index (χ1v) is 13.7. The Morgan fingerprint density at radius 2 is 1.55 bits per heavy atom. The number of alkyl halides is 9. The molecular weight excluding hydrogens is 644 g/mol. The molecule has 0 spiro atoms. The largest absolute Gasteiger partial charge is 0.417 e. The summed E-state index contributed by atoms with van der Waals surface area (Å²) >= 11 is 17.4. The first-order valence-electron chi connectivity index (χ1n) is 11.1. The van der Waals surface area contributed by atoms with Gasteiger partial charge in [0.15, 0.2) is 0 Å². The molecule has 0 bridgehead atoms. The summed E-state index contributed by atoms with van der Waals surface area (Å²) < 4.78 is 132. The molecule has 0 aliphatic heterocycles. The average molecular weight is 661 g/mol. The van der Waals surface area contributed by atoms with Crippen LogP contribution in [0.3, 0.4) is 0 Å². The number of hydrogen-bond acceptors (Lipinski definition) is 2. The van der Waals surface area contributed by atoms with Crippen molar-refractivity contribution in [3.8, 4) is 0 Å². The molecule has 3 rings (SSSR count). The van der Waals surface area contributed by atoms with Crippen molar-refractivity contribution in [1.82, 2.24) is 5.32 Å². The van der Waals surface area contributed by atoms with Crippen LogP contribution < -0.4 is 5.32 Å². The minimum absolute atomic E-state index is 0.113. The maximum Gasteiger partial charge on any atom is 0.417 e. The zero-order valence-corrected chi connectivity index (χ0v) is 22.8. The Kier molecular flexibility index (Phi) is 9.55. The van der Waals surface area contributed by atoms with E-state index in [2.05, 4.69) is 5.32 Å². The van der Waals surface area contributed by atoms with Crippen molar-refractivity contribution in [3.63, 3.8) is 0 Å². The van der Waals surface area contributed by atoms with Crippen molar-refractivity contribution in [2.45, 2.75) is 42.8 Å². The van der Waals surface area contributed by atoms with E-state index in [1.807, 2.05) is 0 Å². The van der Waals surface area contributed by atoms with E-state index < -0.39 is 74.9 Å². The third-order valence-electron chi connectivity index (χ3n) is 5.79. The Morgan fingerprint density at radius 3 is 2.02 bits per heavy atom. The van der Waals surface area contributed by atoms with E-state index in [-0.39, 0.29) is 33.5 Å². The third kappa shape index (κ3) is 8.53. The predicted octanol–water partition coefficient (Wildman–Crippen LogP) is 8.60. The minimum Gasteiger partial charge on any atom is -0.346 e. The summed E-state index contributed by atoms with van der Waals surface area (Å²) in [6, 6.07) is 4.00. The van der Waals surface area contributed by atoms with Gasteiger partial charge in [-0.3, -0.25) is 9.00 Å². The molecule has 220 valence electrons. The summed E-state index contributed by atoms with van der Waals surface area (Å²) in [6.07, 6.45) is -13.2. The molecule has 16 heteroatoms. The molecule has 1 N–H and O–H groups in total. The van der Waals surface area contributed by atoms with Gasteiger partial charge in [0.2, 0.25) is 0 Å². The number of benzene rings is 2. The van der Waals surface area contributed by atoms with Gasteiger partial charge in [-0.25, -0.2) is 0 Å². The lowest BCUT2D eigenvalue weighted by atomic mass is 9.96. The summed E-state index contributed by atoms with van der Waals surface area (Å²) in [5.41, 5.74) is -4.50. The van der Waals surface area contributed by atoms with Crippen molar-refractivity contribution < 1.29 is 48.5 Å². The second-order valence-electron chi connectivity index (χ2n) is 9.06. The van der Waals surface area contributed by atoms with Crippen LogP contribution in [0.15, 0.2) is 36.4 Å². The molecule has 1 aliphatic rings. The molecule has 0 saturated heterocycles. The SMILES string of the molecule is O=C(NC1(CS(=O)CC(F)(F)F)CC1)c1ccc(C=CC(c2cc(Cl)c(Cl)c(Cl)c2)C(F)(F)F)cc1C(F)(F)F. The first-order chi connectivity index (χ1) is 18.2. The van der Waals surface area contributed by atoms with E-state index in [1.54, 1.807) is 0 Å². The zero-order valence-electron chi connectivity index (χ0n) is 19.7. The second kappa shape index (κ2) is 11.7. The number of rotatable bonds is 8. The van der Waals surface area contributed by atoms with Crippen molar-refractivity contribution >= 4 is 57.6 Å². The van der Waals surface area contributed by atoms with Gasteiger partial charge in [-0.15, -0.1) is 0 Å². The molecule has 2 atom stereocenters. The number of halogens is 12. The van der Waals surface area contributed by atoms with Crippen LogP contribution in [-0.2, 0) is 17.0 Å². The Balaban J connectivity index is 1.89. The van der Waals surface area contributed by atoms with Crippen molar-refractivity contribution in [2.75, 3.05) is 11.5 Å². The number of allylic oxidation sites excluding steroid dienone is 1. The Morgan fingerprint density at radius 1 is 0.975 bits per heavy atom. The van der Waals surface area contributed by atoms with Gasteiger partial charge >= 0.3 is 18.5 Å². The number of amides is 1. The van der Waals surface area contributed by atoms with E-state index >= 15 is 0 Å². The van der Waals surface area contributed by atoms with Crippen molar-refractivity contribution in [3.05, 3.63) is 73.7 Å². The van der Waals surface area contributed by atoms with Crippen LogP contribution in [0.4, 0.5) is 39.5 Å². The van der Waals surface area contributed by atoms with Crippen LogP contribution in [0.25, 0.3) is 6.08 Å². The number of carbonyl (C=O) groups excluding carboxylic acids is 1. The summed E-state index contributed by atoms with van der Waals surface area (Å²) in [5.74, 6) is -5.84. The van der Waals surface area contributed by atoms with Gasteiger partial charge in [0, 0.05) is 16.6 Å². The Labute approximate surface area is 239 Å². The van der Waals surface area contributed by atoms with Crippen LogP contribution in [0.1, 0.15) is 45.8 Å². The van der Waals surface area contributed by atoms with E-state index in [0.29, 0.717) is 12.1 Å². The highest BCUT2D eigenvalue weighted by molar-refractivity contribution is 7.85. The fraction of sp³-hybridized carbons (Fsp3) is 0.375. The van der Waals surface area contributed by atoms with E-state index in [4.69, 9.17) is 34.8 Å². The van der Waals surface area contributed by atoms with Crippen LogP contribution in [0.5, 0.6) is 0 Å². The van der Waals surface area contributed by atoms with Gasteiger partial charge < -0.3 is 5.32 Å². The van der Waals surface area contributed by atoms with Crippen LogP contribution in [-0.4, -0.2) is 39.5 Å². The third-order valence-corrected chi connectivity index (χ3v) is 8.51. The summed E-state index contributed by atoms with van der Waals surface area (Å²) in [7, 11) is -2.42. The van der Waals surface area contributed by atoms with Crippen LogP contribution in [0.2, 0.25) is 15.1 Å². The molecular formula is C24H17Cl3F9NO2S.